The van der Waals surface area contributed by atoms with Crippen LogP contribution in [0.3, 0.4) is 0 Å². The van der Waals surface area contributed by atoms with Crippen molar-refractivity contribution in [1.29, 1.82) is 0 Å². The first-order valence-corrected chi connectivity index (χ1v) is 7.32. The molecule has 1 N–H and O–H groups in total. The van der Waals surface area contributed by atoms with Crippen molar-refractivity contribution in [2.75, 3.05) is 39.4 Å². The molecular weight excluding hydrogens is 236 g/mol. The van der Waals surface area contributed by atoms with Gasteiger partial charge in [0.1, 0.15) is 0 Å². The first-order valence-electron chi connectivity index (χ1n) is 7.32. The van der Waals surface area contributed by atoms with Crippen molar-refractivity contribution < 1.29 is 4.74 Å². The van der Waals surface area contributed by atoms with E-state index in [9.17, 15) is 0 Å². The van der Waals surface area contributed by atoms with Crippen molar-refractivity contribution in [3.8, 4) is 0 Å². The van der Waals surface area contributed by atoms with E-state index in [1.54, 1.807) is 0 Å². The van der Waals surface area contributed by atoms with Crippen LogP contribution in [0.5, 0.6) is 0 Å². The maximum atomic E-state index is 5.59. The Morgan fingerprint density at radius 1 is 1.16 bits per heavy atom. The van der Waals surface area contributed by atoms with Crippen LogP contribution in [0.1, 0.15) is 18.1 Å². The fraction of sp³-hybridized carbons (Fsp3) is 0.625. The maximum absolute atomic E-state index is 5.59. The minimum absolute atomic E-state index is 0.199. The molecule has 2 aliphatic rings. The number of hydrogen-bond donors (Lipinski definition) is 1. The summed E-state index contributed by atoms with van der Waals surface area (Å²) in [5, 5.41) is 3.43. The molecule has 19 heavy (non-hydrogen) atoms. The predicted molar refractivity (Wildman–Crippen MR) is 77.6 cm³/mol. The van der Waals surface area contributed by atoms with Gasteiger partial charge in [-0.05, 0) is 19.4 Å². The number of ether oxygens (including phenoxy) is 1. The highest BCUT2D eigenvalue weighted by molar-refractivity contribution is 5.33. The summed E-state index contributed by atoms with van der Waals surface area (Å²) in [6, 6.07) is 9.57. The minimum atomic E-state index is 0.199. The topological polar surface area (TPSA) is 24.5 Å². The monoisotopic (exact) mass is 260 g/mol. The lowest BCUT2D eigenvalue weighted by Crippen LogP contribution is -2.62. The largest absolute Gasteiger partial charge is 0.379 e. The number of aryl methyl sites for hydroxylation is 1. The molecule has 1 aromatic carbocycles. The highest BCUT2D eigenvalue weighted by Gasteiger charge is 2.47. The Morgan fingerprint density at radius 2 is 1.79 bits per heavy atom. The van der Waals surface area contributed by atoms with Gasteiger partial charge in [0.05, 0.1) is 18.6 Å². The van der Waals surface area contributed by atoms with Crippen molar-refractivity contribution in [3.05, 3.63) is 35.4 Å². The molecule has 1 aromatic rings. The van der Waals surface area contributed by atoms with E-state index < -0.39 is 0 Å². The molecule has 3 heteroatoms. The second-order valence-corrected chi connectivity index (χ2v) is 5.98. The zero-order valence-electron chi connectivity index (χ0n) is 12.0. The van der Waals surface area contributed by atoms with E-state index in [2.05, 4.69) is 48.3 Å². The van der Waals surface area contributed by atoms with Gasteiger partial charge in [-0.3, -0.25) is 4.90 Å². The van der Waals surface area contributed by atoms with Crippen LogP contribution in [0, 0.1) is 6.92 Å². The van der Waals surface area contributed by atoms with Gasteiger partial charge >= 0.3 is 0 Å². The van der Waals surface area contributed by atoms with Gasteiger partial charge in [-0.1, -0.05) is 29.8 Å². The van der Waals surface area contributed by atoms with Crippen LogP contribution < -0.4 is 5.32 Å². The highest BCUT2D eigenvalue weighted by atomic mass is 16.5. The van der Waals surface area contributed by atoms with Crippen LogP contribution in [-0.2, 0) is 10.2 Å². The summed E-state index contributed by atoms with van der Waals surface area (Å²) < 4.78 is 5.59. The summed E-state index contributed by atoms with van der Waals surface area (Å²) in [6.07, 6.45) is 0. The van der Waals surface area contributed by atoms with E-state index in [0.29, 0.717) is 6.04 Å². The molecule has 3 nitrogen and oxygen atoms in total. The third-order valence-electron chi connectivity index (χ3n) is 4.84. The van der Waals surface area contributed by atoms with Crippen LogP contribution in [0.15, 0.2) is 24.3 Å². The molecule has 1 unspecified atom stereocenters. The SMILES string of the molecule is Cc1ccc(C2(C(C)N3CCNCC3)COC2)cc1. The second kappa shape index (κ2) is 5.23. The Morgan fingerprint density at radius 3 is 2.32 bits per heavy atom. The van der Waals surface area contributed by atoms with E-state index >= 15 is 0 Å². The molecule has 0 amide bonds. The normalized spacial score (nSPS) is 24.7. The van der Waals surface area contributed by atoms with Crippen LogP contribution in [-0.4, -0.2) is 50.3 Å². The lowest BCUT2D eigenvalue weighted by molar-refractivity contribution is -0.100. The van der Waals surface area contributed by atoms with Crippen molar-refractivity contribution in [3.63, 3.8) is 0 Å². The summed E-state index contributed by atoms with van der Waals surface area (Å²) in [7, 11) is 0. The smallest absolute Gasteiger partial charge is 0.0600 e. The lowest BCUT2D eigenvalue weighted by Gasteiger charge is -2.51. The first-order chi connectivity index (χ1) is 9.22. The zero-order valence-corrected chi connectivity index (χ0v) is 12.0. The minimum Gasteiger partial charge on any atom is -0.379 e. The third-order valence-corrected chi connectivity index (χ3v) is 4.84. The number of hydrogen-bond acceptors (Lipinski definition) is 3. The molecule has 0 spiro atoms. The molecule has 0 aromatic heterocycles. The average molecular weight is 260 g/mol. The van der Waals surface area contributed by atoms with Gasteiger partial charge in [0, 0.05) is 32.2 Å². The molecule has 2 saturated heterocycles. The summed E-state index contributed by atoms with van der Waals surface area (Å²) in [5.74, 6) is 0. The highest BCUT2D eigenvalue weighted by Crippen LogP contribution is 2.38. The molecule has 104 valence electrons. The number of nitrogens with one attached hydrogen (secondary N) is 1. The fourth-order valence-corrected chi connectivity index (χ4v) is 3.28. The average Bonchev–Trinajstić information content (AvgIpc) is 2.40. The standard InChI is InChI=1S/C16H24N2O/c1-13-3-5-15(6-4-13)16(11-19-12-16)14(2)18-9-7-17-8-10-18/h3-6,14,17H,7-12H2,1-2H3. The van der Waals surface area contributed by atoms with Gasteiger partial charge in [-0.15, -0.1) is 0 Å². The molecule has 0 radical (unpaired) electrons. The molecule has 2 heterocycles. The third kappa shape index (κ3) is 2.31. The molecular formula is C16H24N2O. The van der Waals surface area contributed by atoms with Crippen LogP contribution >= 0.6 is 0 Å². The van der Waals surface area contributed by atoms with E-state index in [1.807, 2.05) is 0 Å². The van der Waals surface area contributed by atoms with Crippen molar-refractivity contribution >= 4 is 0 Å². The van der Waals surface area contributed by atoms with Crippen LogP contribution in [0.25, 0.3) is 0 Å². The maximum Gasteiger partial charge on any atom is 0.0600 e. The van der Waals surface area contributed by atoms with Gasteiger partial charge in [-0.25, -0.2) is 0 Å². The van der Waals surface area contributed by atoms with Crippen LogP contribution in [0.4, 0.5) is 0 Å². The number of benzene rings is 1. The van der Waals surface area contributed by atoms with Crippen molar-refractivity contribution in [2.45, 2.75) is 25.3 Å². The Balaban J connectivity index is 1.83. The predicted octanol–water partition coefficient (Wildman–Crippen LogP) is 1.56. The number of nitrogens with zero attached hydrogens (tertiary/aromatic N) is 1. The molecule has 2 fully saturated rings. The zero-order chi connectivity index (χ0) is 13.3. The summed E-state index contributed by atoms with van der Waals surface area (Å²) >= 11 is 0. The lowest BCUT2D eigenvalue weighted by atomic mass is 9.72. The summed E-state index contributed by atoms with van der Waals surface area (Å²) in [6.45, 7) is 10.7. The quantitative estimate of drug-likeness (QED) is 0.892. The summed E-state index contributed by atoms with van der Waals surface area (Å²) in [4.78, 5) is 2.61. The fourth-order valence-electron chi connectivity index (χ4n) is 3.28. The Bertz CT molecular complexity index is 419. The van der Waals surface area contributed by atoms with E-state index in [0.717, 1.165) is 39.4 Å². The number of piperazine rings is 1. The van der Waals surface area contributed by atoms with E-state index in [-0.39, 0.29) is 5.41 Å². The molecule has 0 aliphatic carbocycles. The Kier molecular flexibility index (Phi) is 3.61. The van der Waals surface area contributed by atoms with Gasteiger partial charge in [0.2, 0.25) is 0 Å². The molecule has 0 bridgehead atoms. The van der Waals surface area contributed by atoms with Gasteiger partial charge in [0.15, 0.2) is 0 Å². The molecule has 3 rings (SSSR count). The van der Waals surface area contributed by atoms with Crippen molar-refractivity contribution in [1.82, 2.24) is 10.2 Å². The second-order valence-electron chi connectivity index (χ2n) is 5.98. The van der Waals surface area contributed by atoms with E-state index in [1.165, 1.54) is 11.1 Å². The van der Waals surface area contributed by atoms with Crippen LogP contribution in [0.2, 0.25) is 0 Å². The van der Waals surface area contributed by atoms with Gasteiger partial charge in [0.25, 0.3) is 0 Å². The van der Waals surface area contributed by atoms with Gasteiger partial charge < -0.3 is 10.1 Å². The molecule has 2 aliphatic heterocycles. The Hall–Kier alpha value is -0.900. The first kappa shape index (κ1) is 13.1. The Labute approximate surface area is 115 Å². The van der Waals surface area contributed by atoms with Gasteiger partial charge in [-0.2, -0.15) is 0 Å². The number of rotatable bonds is 3. The molecule has 1 atom stereocenters. The van der Waals surface area contributed by atoms with Crippen molar-refractivity contribution in [2.24, 2.45) is 0 Å². The van der Waals surface area contributed by atoms with E-state index in [4.69, 9.17) is 4.74 Å². The molecule has 0 saturated carbocycles. The summed E-state index contributed by atoms with van der Waals surface area (Å²) in [5.41, 5.74) is 2.97.